The van der Waals surface area contributed by atoms with E-state index < -0.39 is 105 Å². The third kappa shape index (κ3) is 5.32. The summed E-state index contributed by atoms with van der Waals surface area (Å²) in [4.78, 5) is 0. The Morgan fingerprint density at radius 3 is 1.64 bits per heavy atom. The van der Waals surface area contributed by atoms with Crippen LogP contribution in [0.25, 0.3) is 0 Å². The summed E-state index contributed by atoms with van der Waals surface area (Å²) in [7, 11) is 0. The molecule has 3 aliphatic rings. The SMILES string of the molecule is C[C@@H]1O[C@@H](O[C@@H]2[C@H](O[C@H]3O[C@H](CO)[C@H](O)[C@H](O)[C@H]3O)[C@@H](O)C(O)O[C@@H]2CO)[C@@H](O)[C@H](O)[C@@H]1O. The van der Waals surface area contributed by atoms with Crippen molar-refractivity contribution in [2.75, 3.05) is 13.2 Å². The van der Waals surface area contributed by atoms with Crippen molar-refractivity contribution in [2.24, 2.45) is 0 Å². The van der Waals surface area contributed by atoms with Crippen LogP contribution in [0.3, 0.4) is 0 Å². The van der Waals surface area contributed by atoms with Crippen molar-refractivity contribution in [3.8, 4) is 0 Å². The third-order valence-corrected chi connectivity index (χ3v) is 6.05. The fourth-order valence-electron chi connectivity index (χ4n) is 3.99. The zero-order valence-corrected chi connectivity index (χ0v) is 17.6. The van der Waals surface area contributed by atoms with E-state index in [1.54, 1.807) is 0 Å². The minimum absolute atomic E-state index is 0.747. The average Bonchev–Trinajstić information content (AvgIpc) is 2.80. The first-order valence-electron chi connectivity index (χ1n) is 10.4. The quantitative estimate of drug-likeness (QED) is 0.167. The van der Waals surface area contributed by atoms with Crippen molar-refractivity contribution in [1.29, 1.82) is 0 Å². The summed E-state index contributed by atoms with van der Waals surface area (Å²) in [5, 5.41) is 99.8. The maximum absolute atomic E-state index is 10.5. The van der Waals surface area contributed by atoms with Crippen molar-refractivity contribution in [2.45, 2.75) is 99.0 Å². The Labute approximate surface area is 187 Å². The van der Waals surface area contributed by atoms with Gasteiger partial charge in [-0.15, -0.1) is 0 Å². The number of aliphatic hydroxyl groups is 10. The van der Waals surface area contributed by atoms with Crippen molar-refractivity contribution in [3.05, 3.63) is 0 Å². The number of rotatable bonds is 6. The molecule has 15 atom stereocenters. The first-order chi connectivity index (χ1) is 15.5. The molecule has 0 amide bonds. The third-order valence-electron chi connectivity index (χ3n) is 6.05. The lowest BCUT2D eigenvalue weighted by Crippen LogP contribution is -2.66. The van der Waals surface area contributed by atoms with Gasteiger partial charge in [0.1, 0.15) is 67.1 Å². The van der Waals surface area contributed by atoms with Crippen molar-refractivity contribution < 1.29 is 74.7 Å². The van der Waals surface area contributed by atoms with Gasteiger partial charge in [0.2, 0.25) is 0 Å². The monoisotopic (exact) mass is 488 g/mol. The van der Waals surface area contributed by atoms with Crippen LogP contribution in [-0.4, -0.2) is 156 Å². The minimum atomic E-state index is -1.89. The van der Waals surface area contributed by atoms with Gasteiger partial charge >= 0.3 is 0 Å². The molecule has 0 radical (unpaired) electrons. The van der Waals surface area contributed by atoms with E-state index in [0.29, 0.717) is 0 Å². The molecule has 10 N–H and O–H groups in total. The zero-order chi connectivity index (χ0) is 24.6. The van der Waals surface area contributed by atoms with E-state index in [9.17, 15) is 51.1 Å². The van der Waals surface area contributed by atoms with Crippen LogP contribution in [0.1, 0.15) is 6.92 Å². The second-order valence-electron chi connectivity index (χ2n) is 8.32. The average molecular weight is 488 g/mol. The van der Waals surface area contributed by atoms with Crippen LogP contribution in [0.2, 0.25) is 0 Å². The van der Waals surface area contributed by atoms with E-state index in [1.807, 2.05) is 0 Å². The molecule has 0 aliphatic carbocycles. The van der Waals surface area contributed by atoms with Gasteiger partial charge in [-0.05, 0) is 6.92 Å². The molecule has 1 unspecified atom stereocenters. The zero-order valence-electron chi connectivity index (χ0n) is 17.6. The second-order valence-corrected chi connectivity index (χ2v) is 8.32. The van der Waals surface area contributed by atoms with Crippen LogP contribution in [-0.2, 0) is 23.7 Å². The number of aliphatic hydroxyl groups excluding tert-OH is 10. The highest BCUT2D eigenvalue weighted by Crippen LogP contribution is 2.32. The Bertz CT molecular complexity index is 624. The molecule has 3 aliphatic heterocycles. The Hall–Kier alpha value is -0.600. The topological polar surface area (TPSA) is 248 Å². The lowest BCUT2D eigenvalue weighted by Gasteiger charge is -2.48. The molecule has 3 saturated heterocycles. The molecule has 0 aromatic heterocycles. The number of hydrogen-bond donors (Lipinski definition) is 10. The minimum Gasteiger partial charge on any atom is -0.394 e. The first kappa shape index (κ1) is 27.0. The van der Waals surface area contributed by atoms with E-state index >= 15 is 0 Å². The van der Waals surface area contributed by atoms with E-state index in [1.165, 1.54) is 6.92 Å². The Balaban J connectivity index is 1.83. The van der Waals surface area contributed by atoms with E-state index in [4.69, 9.17) is 23.7 Å². The molecule has 3 fully saturated rings. The maximum atomic E-state index is 10.5. The second kappa shape index (κ2) is 11.0. The summed E-state index contributed by atoms with van der Waals surface area (Å²) in [5.74, 6) is 0. The van der Waals surface area contributed by atoms with Gasteiger partial charge in [-0.25, -0.2) is 0 Å². The van der Waals surface area contributed by atoms with Gasteiger partial charge in [-0.1, -0.05) is 0 Å². The molecule has 0 bridgehead atoms. The molecule has 0 saturated carbocycles. The molecular formula is C18H32O15. The summed E-state index contributed by atoms with van der Waals surface area (Å²) < 4.78 is 26.9. The van der Waals surface area contributed by atoms with Gasteiger partial charge in [-0.2, -0.15) is 0 Å². The maximum Gasteiger partial charge on any atom is 0.187 e. The highest BCUT2D eigenvalue weighted by Gasteiger charge is 2.53. The molecule has 0 aromatic rings. The molecule has 3 heterocycles. The Morgan fingerprint density at radius 2 is 1.06 bits per heavy atom. The van der Waals surface area contributed by atoms with Crippen LogP contribution in [0.4, 0.5) is 0 Å². The summed E-state index contributed by atoms with van der Waals surface area (Å²) in [5.41, 5.74) is 0. The first-order valence-corrected chi connectivity index (χ1v) is 10.4. The Morgan fingerprint density at radius 1 is 0.545 bits per heavy atom. The van der Waals surface area contributed by atoms with Gasteiger partial charge in [0.25, 0.3) is 0 Å². The van der Waals surface area contributed by atoms with E-state index in [2.05, 4.69) is 0 Å². The predicted molar refractivity (Wildman–Crippen MR) is 99.8 cm³/mol. The Kier molecular flexibility index (Phi) is 8.99. The van der Waals surface area contributed by atoms with Gasteiger partial charge in [-0.3, -0.25) is 0 Å². The molecule has 0 spiro atoms. The van der Waals surface area contributed by atoms with Crippen LogP contribution in [0.15, 0.2) is 0 Å². The lowest BCUT2D eigenvalue weighted by molar-refractivity contribution is -0.382. The predicted octanol–water partition coefficient (Wildman–Crippen LogP) is -6.55. The fourth-order valence-corrected chi connectivity index (χ4v) is 3.99. The molecule has 194 valence electrons. The molecule has 33 heavy (non-hydrogen) atoms. The molecule has 3 rings (SSSR count). The summed E-state index contributed by atoms with van der Waals surface area (Å²) in [6.07, 6.45) is -24.1. The van der Waals surface area contributed by atoms with Gasteiger partial charge in [0, 0.05) is 0 Å². The largest absolute Gasteiger partial charge is 0.394 e. The highest BCUT2D eigenvalue weighted by molar-refractivity contribution is 4.96. The summed E-state index contributed by atoms with van der Waals surface area (Å²) >= 11 is 0. The van der Waals surface area contributed by atoms with Crippen molar-refractivity contribution in [3.63, 3.8) is 0 Å². The normalized spacial score (nSPS) is 53.7. The van der Waals surface area contributed by atoms with Gasteiger partial charge in [0.15, 0.2) is 18.9 Å². The fraction of sp³-hybridized carbons (Fsp3) is 1.00. The van der Waals surface area contributed by atoms with Gasteiger partial charge < -0.3 is 74.7 Å². The summed E-state index contributed by atoms with van der Waals surface area (Å²) in [6.45, 7) is -0.118. The van der Waals surface area contributed by atoms with Crippen molar-refractivity contribution in [1.82, 2.24) is 0 Å². The van der Waals surface area contributed by atoms with Crippen LogP contribution >= 0.6 is 0 Å². The highest BCUT2D eigenvalue weighted by atomic mass is 16.8. The summed E-state index contributed by atoms with van der Waals surface area (Å²) in [6, 6.07) is 0. The molecule has 0 aromatic carbocycles. The van der Waals surface area contributed by atoms with Crippen LogP contribution in [0.5, 0.6) is 0 Å². The van der Waals surface area contributed by atoms with Gasteiger partial charge in [0.05, 0.1) is 19.3 Å². The molecule has 15 nitrogen and oxygen atoms in total. The lowest BCUT2D eigenvalue weighted by atomic mass is 9.96. The van der Waals surface area contributed by atoms with Crippen molar-refractivity contribution >= 4 is 0 Å². The van der Waals surface area contributed by atoms with Crippen LogP contribution < -0.4 is 0 Å². The number of hydrogen-bond acceptors (Lipinski definition) is 15. The van der Waals surface area contributed by atoms with E-state index in [0.717, 1.165) is 0 Å². The smallest absolute Gasteiger partial charge is 0.187 e. The molecular weight excluding hydrogens is 456 g/mol. The molecule has 15 heteroatoms. The standard InChI is InChI=1S/C18H32O15/c1-4-7(21)9(23)11(25)17(29-4)32-14-6(3-20)30-16(28)13(27)15(14)33-18-12(26)10(24)8(22)5(2-19)31-18/h4-28H,2-3H2,1H3/t4-,5+,6+,7+,8-,9+,10-,11-,12+,13+,14-,15+,16?,17-,18+/m0/s1. The van der Waals surface area contributed by atoms with Crippen LogP contribution in [0, 0.1) is 0 Å². The number of ether oxygens (including phenoxy) is 5. The van der Waals surface area contributed by atoms with E-state index in [-0.39, 0.29) is 0 Å².